The van der Waals surface area contributed by atoms with Crippen molar-refractivity contribution in [2.45, 2.75) is 32.6 Å². The molecule has 0 spiro atoms. The van der Waals surface area contributed by atoms with Gasteiger partial charge >= 0.3 is 0 Å². The SMILES string of the molecule is COCCCNC(=O)CN(C)C(=O)CC(C)C1CCCNC1.Cl. The van der Waals surface area contributed by atoms with Gasteiger partial charge in [0.15, 0.2) is 0 Å². The standard InChI is InChI=1S/C16H31N3O3.ClH/c1-13(14-6-4-7-17-11-14)10-16(21)19(2)12-15(20)18-8-5-9-22-3;/h13-14,17H,4-12H2,1-3H3,(H,18,20);1H. The molecule has 0 aliphatic carbocycles. The Morgan fingerprint density at radius 3 is 2.78 bits per heavy atom. The number of likely N-dealkylation sites (N-methyl/N-ethyl adjacent to an activating group) is 1. The first-order chi connectivity index (χ1) is 10.5. The summed E-state index contributed by atoms with van der Waals surface area (Å²) in [5.41, 5.74) is 0. The summed E-state index contributed by atoms with van der Waals surface area (Å²) < 4.78 is 4.92. The summed E-state index contributed by atoms with van der Waals surface area (Å²) in [7, 11) is 3.33. The third-order valence-electron chi connectivity index (χ3n) is 4.29. The van der Waals surface area contributed by atoms with Crippen molar-refractivity contribution in [3.63, 3.8) is 0 Å². The van der Waals surface area contributed by atoms with Crippen LogP contribution in [0.15, 0.2) is 0 Å². The van der Waals surface area contributed by atoms with Gasteiger partial charge in [-0.05, 0) is 44.2 Å². The van der Waals surface area contributed by atoms with Gasteiger partial charge in [-0.3, -0.25) is 9.59 Å². The number of hydrogen-bond donors (Lipinski definition) is 2. The van der Waals surface area contributed by atoms with Crippen LogP contribution in [0.1, 0.15) is 32.6 Å². The van der Waals surface area contributed by atoms with E-state index in [-0.39, 0.29) is 30.8 Å². The van der Waals surface area contributed by atoms with Gasteiger partial charge in [0.2, 0.25) is 11.8 Å². The molecule has 2 unspecified atom stereocenters. The van der Waals surface area contributed by atoms with Crippen molar-refractivity contribution in [3.05, 3.63) is 0 Å². The quantitative estimate of drug-likeness (QED) is 0.610. The second-order valence-electron chi connectivity index (χ2n) is 6.23. The van der Waals surface area contributed by atoms with E-state index in [1.165, 1.54) is 17.7 Å². The maximum Gasteiger partial charge on any atom is 0.239 e. The summed E-state index contributed by atoms with van der Waals surface area (Å²) >= 11 is 0. The molecule has 0 bridgehead atoms. The number of carbonyl (C=O) groups excluding carboxylic acids is 2. The van der Waals surface area contributed by atoms with E-state index in [4.69, 9.17) is 4.74 Å². The second kappa shape index (κ2) is 12.6. The lowest BCUT2D eigenvalue weighted by Gasteiger charge is -2.29. The number of carbonyl (C=O) groups is 2. The first kappa shape index (κ1) is 22.1. The number of piperidine rings is 1. The van der Waals surface area contributed by atoms with E-state index in [1.807, 2.05) is 0 Å². The highest BCUT2D eigenvalue weighted by Gasteiger charge is 2.23. The molecule has 2 atom stereocenters. The van der Waals surface area contributed by atoms with Crippen molar-refractivity contribution in [1.82, 2.24) is 15.5 Å². The van der Waals surface area contributed by atoms with Crippen LogP contribution in [0.3, 0.4) is 0 Å². The summed E-state index contributed by atoms with van der Waals surface area (Å²) in [4.78, 5) is 25.5. The maximum atomic E-state index is 12.2. The highest BCUT2D eigenvalue weighted by molar-refractivity contribution is 5.85. The van der Waals surface area contributed by atoms with Gasteiger partial charge in [0, 0.05) is 33.7 Å². The van der Waals surface area contributed by atoms with Crippen LogP contribution >= 0.6 is 12.4 Å². The van der Waals surface area contributed by atoms with E-state index in [0.29, 0.717) is 31.4 Å². The summed E-state index contributed by atoms with van der Waals surface area (Å²) in [6.07, 6.45) is 3.67. The fourth-order valence-corrected chi connectivity index (χ4v) is 2.77. The highest BCUT2D eigenvalue weighted by Crippen LogP contribution is 2.22. The van der Waals surface area contributed by atoms with Crippen LogP contribution in [0.4, 0.5) is 0 Å². The van der Waals surface area contributed by atoms with Crippen molar-refractivity contribution in [2.24, 2.45) is 11.8 Å². The normalized spacial score (nSPS) is 18.7. The van der Waals surface area contributed by atoms with Gasteiger partial charge in [0.1, 0.15) is 0 Å². The molecule has 1 fully saturated rings. The Morgan fingerprint density at radius 1 is 1.43 bits per heavy atom. The van der Waals surface area contributed by atoms with Crippen molar-refractivity contribution in [3.8, 4) is 0 Å². The van der Waals surface area contributed by atoms with Gasteiger partial charge in [-0.25, -0.2) is 0 Å². The number of methoxy groups -OCH3 is 1. The zero-order valence-corrected chi connectivity index (χ0v) is 15.4. The lowest BCUT2D eigenvalue weighted by atomic mass is 9.85. The zero-order valence-electron chi connectivity index (χ0n) is 14.6. The zero-order chi connectivity index (χ0) is 16.4. The Balaban J connectivity index is 0.00000484. The first-order valence-electron chi connectivity index (χ1n) is 8.25. The Kier molecular flexibility index (Phi) is 12.1. The van der Waals surface area contributed by atoms with E-state index in [0.717, 1.165) is 19.5 Å². The number of hydrogen-bond acceptors (Lipinski definition) is 4. The Labute approximate surface area is 146 Å². The predicted octanol–water partition coefficient (Wildman–Crippen LogP) is 1.05. The molecule has 0 saturated carbocycles. The number of rotatable bonds is 9. The van der Waals surface area contributed by atoms with E-state index in [9.17, 15) is 9.59 Å². The number of nitrogens with one attached hydrogen (secondary N) is 2. The number of halogens is 1. The average Bonchev–Trinajstić information content (AvgIpc) is 2.52. The predicted molar refractivity (Wildman–Crippen MR) is 93.8 cm³/mol. The van der Waals surface area contributed by atoms with Crippen LogP contribution in [-0.2, 0) is 14.3 Å². The molecule has 136 valence electrons. The molecule has 1 rings (SSSR count). The molecule has 0 aromatic rings. The van der Waals surface area contributed by atoms with E-state index in [2.05, 4.69) is 17.6 Å². The smallest absolute Gasteiger partial charge is 0.239 e. The van der Waals surface area contributed by atoms with Gasteiger partial charge < -0.3 is 20.3 Å². The molecule has 0 radical (unpaired) electrons. The van der Waals surface area contributed by atoms with Gasteiger partial charge in [-0.15, -0.1) is 12.4 Å². The van der Waals surface area contributed by atoms with Crippen LogP contribution in [0.25, 0.3) is 0 Å². The molecular weight excluding hydrogens is 318 g/mol. The molecule has 23 heavy (non-hydrogen) atoms. The summed E-state index contributed by atoms with van der Waals surface area (Å²) in [5.74, 6) is 0.852. The fourth-order valence-electron chi connectivity index (χ4n) is 2.77. The number of amides is 2. The largest absolute Gasteiger partial charge is 0.385 e. The minimum atomic E-state index is -0.112. The van der Waals surface area contributed by atoms with Crippen molar-refractivity contribution < 1.29 is 14.3 Å². The van der Waals surface area contributed by atoms with Crippen molar-refractivity contribution >= 4 is 24.2 Å². The molecule has 7 heteroatoms. The first-order valence-corrected chi connectivity index (χ1v) is 8.25. The molecule has 2 N–H and O–H groups in total. The molecule has 1 saturated heterocycles. The molecule has 0 aromatic heterocycles. The Bertz CT molecular complexity index is 349. The minimum Gasteiger partial charge on any atom is -0.385 e. The third-order valence-corrected chi connectivity index (χ3v) is 4.29. The van der Waals surface area contributed by atoms with Crippen molar-refractivity contribution in [1.29, 1.82) is 0 Å². The third kappa shape index (κ3) is 9.13. The van der Waals surface area contributed by atoms with Crippen LogP contribution in [0, 0.1) is 11.8 Å². The van der Waals surface area contributed by atoms with Gasteiger partial charge in [0.05, 0.1) is 6.54 Å². The molecule has 6 nitrogen and oxygen atoms in total. The molecule has 0 aromatic carbocycles. The monoisotopic (exact) mass is 349 g/mol. The molecule has 1 aliphatic heterocycles. The number of nitrogens with zero attached hydrogens (tertiary/aromatic N) is 1. The topological polar surface area (TPSA) is 70.7 Å². The minimum absolute atomic E-state index is 0. The summed E-state index contributed by atoms with van der Waals surface area (Å²) in [6, 6.07) is 0. The fraction of sp³-hybridized carbons (Fsp3) is 0.875. The summed E-state index contributed by atoms with van der Waals surface area (Å²) in [5, 5.41) is 6.18. The van der Waals surface area contributed by atoms with Gasteiger partial charge in [-0.1, -0.05) is 6.92 Å². The number of ether oxygens (including phenoxy) is 1. The molecular formula is C16H32ClN3O3. The lowest BCUT2D eigenvalue weighted by molar-refractivity contribution is -0.135. The average molecular weight is 350 g/mol. The Morgan fingerprint density at radius 2 is 2.17 bits per heavy atom. The van der Waals surface area contributed by atoms with Crippen molar-refractivity contribution in [2.75, 3.05) is 46.9 Å². The summed E-state index contributed by atoms with van der Waals surface area (Å²) in [6.45, 7) is 5.55. The van der Waals surface area contributed by atoms with Gasteiger partial charge in [0.25, 0.3) is 0 Å². The van der Waals surface area contributed by atoms with E-state index < -0.39 is 0 Å². The Hall–Kier alpha value is -0.850. The van der Waals surface area contributed by atoms with Crippen LogP contribution in [0.2, 0.25) is 0 Å². The van der Waals surface area contributed by atoms with Crippen LogP contribution < -0.4 is 10.6 Å². The van der Waals surface area contributed by atoms with Crippen LogP contribution in [-0.4, -0.2) is 63.7 Å². The van der Waals surface area contributed by atoms with Crippen LogP contribution in [0.5, 0.6) is 0 Å². The van der Waals surface area contributed by atoms with E-state index in [1.54, 1.807) is 14.2 Å². The van der Waals surface area contributed by atoms with Gasteiger partial charge in [-0.2, -0.15) is 0 Å². The lowest BCUT2D eigenvalue weighted by Crippen LogP contribution is -2.40. The highest BCUT2D eigenvalue weighted by atomic mass is 35.5. The maximum absolute atomic E-state index is 12.2. The molecule has 2 amide bonds. The molecule has 1 aliphatic rings. The van der Waals surface area contributed by atoms with E-state index >= 15 is 0 Å². The second-order valence-corrected chi connectivity index (χ2v) is 6.23. The molecule has 1 heterocycles.